The van der Waals surface area contributed by atoms with Crippen molar-refractivity contribution < 1.29 is 4.42 Å². The third-order valence-electron chi connectivity index (χ3n) is 10.0. The van der Waals surface area contributed by atoms with Gasteiger partial charge in [-0.15, -0.1) is 0 Å². The summed E-state index contributed by atoms with van der Waals surface area (Å²) >= 11 is 0. The van der Waals surface area contributed by atoms with Crippen LogP contribution < -0.4 is 0 Å². The van der Waals surface area contributed by atoms with Crippen LogP contribution in [0.1, 0.15) is 5.56 Å². The molecule has 0 unspecified atom stereocenters. The summed E-state index contributed by atoms with van der Waals surface area (Å²) in [4.78, 5) is 0. The first-order valence-electron chi connectivity index (χ1n) is 16.6. The summed E-state index contributed by atoms with van der Waals surface area (Å²) in [6.45, 7) is 0. The van der Waals surface area contributed by atoms with Crippen LogP contribution in [0.4, 0.5) is 0 Å². The van der Waals surface area contributed by atoms with Crippen LogP contribution >= 0.6 is 0 Å². The van der Waals surface area contributed by atoms with Crippen LogP contribution in [-0.2, 0) is 0 Å². The highest BCUT2D eigenvalue weighted by Crippen LogP contribution is 2.46. The van der Waals surface area contributed by atoms with Gasteiger partial charge in [-0.05, 0) is 125 Å². The average molecular weight is 622 g/mol. The van der Waals surface area contributed by atoms with Crippen LogP contribution in [0.25, 0.3) is 98.4 Å². The standard InChI is InChI=1S/C47H27NO/c48-28-29-13-21-44-41(23-29)42-26-35(19-22-45(42)49-44)34-18-20-40-43(27-34)47(37-17-15-31-8-2-4-10-33(31)25-37)39-12-6-5-11-38(39)46(40)36-16-14-30-7-1-3-9-32(30)24-36/h1-27H. The van der Waals surface area contributed by atoms with Crippen molar-refractivity contribution in [3.63, 3.8) is 0 Å². The van der Waals surface area contributed by atoms with Gasteiger partial charge in [-0.3, -0.25) is 0 Å². The second-order valence-electron chi connectivity index (χ2n) is 12.8. The molecule has 49 heavy (non-hydrogen) atoms. The fourth-order valence-electron chi connectivity index (χ4n) is 7.70. The van der Waals surface area contributed by atoms with E-state index in [2.05, 4.69) is 146 Å². The molecule has 0 bridgehead atoms. The Morgan fingerprint density at radius 3 is 1.45 bits per heavy atom. The van der Waals surface area contributed by atoms with Gasteiger partial charge in [0.2, 0.25) is 0 Å². The van der Waals surface area contributed by atoms with E-state index in [-0.39, 0.29) is 0 Å². The Morgan fingerprint density at radius 2 is 0.816 bits per heavy atom. The zero-order valence-electron chi connectivity index (χ0n) is 26.4. The Morgan fingerprint density at radius 1 is 0.347 bits per heavy atom. The summed E-state index contributed by atoms with van der Waals surface area (Å²) in [5.74, 6) is 0. The van der Waals surface area contributed by atoms with E-state index in [9.17, 15) is 5.26 Å². The maximum absolute atomic E-state index is 9.57. The van der Waals surface area contributed by atoms with E-state index in [1.807, 2.05) is 18.2 Å². The first-order chi connectivity index (χ1) is 24.2. The molecule has 0 saturated carbocycles. The lowest BCUT2D eigenvalue weighted by Crippen LogP contribution is -1.92. The van der Waals surface area contributed by atoms with E-state index in [0.29, 0.717) is 5.56 Å². The number of hydrogen-bond donors (Lipinski definition) is 0. The molecule has 0 saturated heterocycles. The van der Waals surface area contributed by atoms with E-state index in [0.717, 1.165) is 33.1 Å². The molecule has 0 atom stereocenters. The van der Waals surface area contributed by atoms with Crippen molar-refractivity contribution in [2.24, 2.45) is 0 Å². The molecule has 0 fully saturated rings. The second-order valence-corrected chi connectivity index (χ2v) is 12.8. The number of nitriles is 1. The molecule has 9 aromatic carbocycles. The molecular weight excluding hydrogens is 595 g/mol. The molecule has 0 amide bonds. The molecular formula is C47H27NO. The highest BCUT2D eigenvalue weighted by atomic mass is 16.3. The molecule has 0 N–H and O–H groups in total. The number of nitrogens with zero attached hydrogens (tertiary/aromatic N) is 1. The maximum atomic E-state index is 9.57. The molecule has 0 aliphatic carbocycles. The molecule has 2 nitrogen and oxygen atoms in total. The Balaban J connectivity index is 1.29. The lowest BCUT2D eigenvalue weighted by molar-refractivity contribution is 0.669. The average Bonchev–Trinajstić information content (AvgIpc) is 3.53. The smallest absolute Gasteiger partial charge is 0.135 e. The monoisotopic (exact) mass is 621 g/mol. The van der Waals surface area contributed by atoms with Crippen LogP contribution in [0.15, 0.2) is 168 Å². The van der Waals surface area contributed by atoms with Crippen molar-refractivity contribution in [2.75, 3.05) is 0 Å². The van der Waals surface area contributed by atoms with Crippen molar-refractivity contribution in [2.45, 2.75) is 0 Å². The fourth-order valence-corrected chi connectivity index (χ4v) is 7.70. The van der Waals surface area contributed by atoms with Gasteiger partial charge in [-0.2, -0.15) is 5.26 Å². The van der Waals surface area contributed by atoms with Gasteiger partial charge >= 0.3 is 0 Å². The molecule has 10 rings (SSSR count). The molecule has 0 radical (unpaired) electrons. The van der Waals surface area contributed by atoms with Gasteiger partial charge in [0.05, 0.1) is 11.6 Å². The third-order valence-corrected chi connectivity index (χ3v) is 10.0. The summed E-state index contributed by atoms with van der Waals surface area (Å²) in [6.07, 6.45) is 0. The van der Waals surface area contributed by atoms with E-state index in [4.69, 9.17) is 4.42 Å². The fraction of sp³-hybridized carbons (Fsp3) is 0. The number of hydrogen-bond acceptors (Lipinski definition) is 2. The third kappa shape index (κ3) is 4.34. The topological polar surface area (TPSA) is 36.9 Å². The van der Waals surface area contributed by atoms with Gasteiger partial charge in [0.25, 0.3) is 0 Å². The minimum absolute atomic E-state index is 0.624. The molecule has 2 heteroatoms. The zero-order valence-corrected chi connectivity index (χ0v) is 26.4. The van der Waals surface area contributed by atoms with E-state index in [1.165, 1.54) is 65.3 Å². The molecule has 1 aromatic heterocycles. The van der Waals surface area contributed by atoms with Crippen LogP contribution in [-0.4, -0.2) is 0 Å². The van der Waals surface area contributed by atoms with Gasteiger partial charge in [-0.25, -0.2) is 0 Å². The Bertz CT molecular complexity index is 3010. The quantitative estimate of drug-likeness (QED) is 0.184. The molecule has 1 heterocycles. The SMILES string of the molecule is N#Cc1ccc2oc3ccc(-c4ccc5c(-c6ccc7ccccc7c6)c6ccccc6c(-c6ccc7ccccc7c6)c5c4)cc3c2c1. The largest absolute Gasteiger partial charge is 0.456 e. The Kier molecular flexibility index (Phi) is 5.97. The van der Waals surface area contributed by atoms with Crippen LogP contribution in [0.3, 0.4) is 0 Å². The maximum Gasteiger partial charge on any atom is 0.135 e. The lowest BCUT2D eigenvalue weighted by Gasteiger charge is -2.19. The summed E-state index contributed by atoms with van der Waals surface area (Å²) in [7, 11) is 0. The highest BCUT2D eigenvalue weighted by molar-refractivity contribution is 6.22. The summed E-state index contributed by atoms with van der Waals surface area (Å²) in [5, 5.41) is 21.3. The zero-order chi connectivity index (χ0) is 32.5. The van der Waals surface area contributed by atoms with Crippen molar-refractivity contribution in [1.29, 1.82) is 5.26 Å². The van der Waals surface area contributed by atoms with Crippen molar-refractivity contribution >= 4 is 65.0 Å². The number of fused-ring (bicyclic) bond motifs is 7. The number of rotatable bonds is 3. The first-order valence-corrected chi connectivity index (χ1v) is 16.6. The molecule has 10 aromatic rings. The van der Waals surface area contributed by atoms with Gasteiger partial charge in [0.15, 0.2) is 0 Å². The van der Waals surface area contributed by atoms with Gasteiger partial charge in [0, 0.05) is 10.8 Å². The van der Waals surface area contributed by atoms with Crippen molar-refractivity contribution in [1.82, 2.24) is 0 Å². The Labute approximate surface area is 282 Å². The Hall–Kier alpha value is -6.69. The minimum Gasteiger partial charge on any atom is -0.456 e. The summed E-state index contributed by atoms with van der Waals surface area (Å²) < 4.78 is 6.16. The predicted molar refractivity (Wildman–Crippen MR) is 205 cm³/mol. The molecule has 0 spiro atoms. The second kappa shape index (κ2) is 10.7. The highest BCUT2D eigenvalue weighted by Gasteiger charge is 2.19. The minimum atomic E-state index is 0.624. The van der Waals surface area contributed by atoms with E-state index in [1.54, 1.807) is 6.07 Å². The van der Waals surface area contributed by atoms with Crippen molar-refractivity contribution in [3.05, 3.63) is 169 Å². The van der Waals surface area contributed by atoms with Crippen LogP contribution in [0, 0.1) is 11.3 Å². The normalized spacial score (nSPS) is 11.7. The van der Waals surface area contributed by atoms with Crippen LogP contribution in [0.5, 0.6) is 0 Å². The van der Waals surface area contributed by atoms with Gasteiger partial charge in [-0.1, -0.05) is 115 Å². The lowest BCUT2D eigenvalue weighted by atomic mass is 9.84. The van der Waals surface area contributed by atoms with E-state index >= 15 is 0 Å². The summed E-state index contributed by atoms with van der Waals surface area (Å²) in [5.41, 5.74) is 9.33. The number of furan rings is 1. The van der Waals surface area contributed by atoms with Crippen molar-refractivity contribution in [3.8, 4) is 39.4 Å². The van der Waals surface area contributed by atoms with E-state index < -0.39 is 0 Å². The predicted octanol–water partition coefficient (Wildman–Crippen LogP) is 13.1. The van der Waals surface area contributed by atoms with Gasteiger partial charge < -0.3 is 4.42 Å². The van der Waals surface area contributed by atoms with Gasteiger partial charge in [0.1, 0.15) is 11.2 Å². The van der Waals surface area contributed by atoms with Crippen LogP contribution in [0.2, 0.25) is 0 Å². The molecule has 0 aliphatic heterocycles. The molecule has 226 valence electrons. The summed E-state index contributed by atoms with van der Waals surface area (Å²) in [6, 6.07) is 60.8. The first kappa shape index (κ1) is 27.4. The molecule has 0 aliphatic rings. The number of benzene rings is 9.